The third-order valence-electron chi connectivity index (χ3n) is 3.51. The lowest BCUT2D eigenvalue weighted by Crippen LogP contribution is -2.26. The first kappa shape index (κ1) is 22.2. The molecule has 2 aromatic carbocycles. The highest BCUT2D eigenvalue weighted by Crippen LogP contribution is 2.29. The standard InChI is InChI=1S/C19H18BrCl2N3O3/c1-11-8-13(6-7-14(11)20)28-10-18(27)25-24-12(2)9-17(26)23-16-5-3-4-15(21)19(16)22/h3-8H,9-10H2,1-2H3,(H,23,26)(H,25,27). The van der Waals surface area contributed by atoms with E-state index in [1.54, 1.807) is 31.2 Å². The Morgan fingerprint density at radius 3 is 2.64 bits per heavy atom. The molecule has 0 saturated heterocycles. The van der Waals surface area contributed by atoms with Crippen LogP contribution in [0.1, 0.15) is 18.9 Å². The van der Waals surface area contributed by atoms with Crippen LogP contribution >= 0.6 is 39.1 Å². The molecule has 6 nitrogen and oxygen atoms in total. The summed E-state index contributed by atoms with van der Waals surface area (Å²) in [5, 5.41) is 7.16. The van der Waals surface area contributed by atoms with Gasteiger partial charge in [-0.05, 0) is 49.7 Å². The van der Waals surface area contributed by atoms with Crippen LogP contribution in [-0.2, 0) is 9.59 Å². The average Bonchev–Trinajstić information content (AvgIpc) is 2.64. The van der Waals surface area contributed by atoms with E-state index in [0.717, 1.165) is 10.0 Å². The topological polar surface area (TPSA) is 79.8 Å². The molecule has 2 aromatic rings. The number of ether oxygens (including phenoxy) is 1. The monoisotopic (exact) mass is 485 g/mol. The highest BCUT2D eigenvalue weighted by molar-refractivity contribution is 9.10. The fourth-order valence-electron chi connectivity index (χ4n) is 2.11. The lowest BCUT2D eigenvalue weighted by atomic mass is 10.2. The molecule has 2 N–H and O–H groups in total. The van der Waals surface area contributed by atoms with Gasteiger partial charge in [0, 0.05) is 10.2 Å². The minimum absolute atomic E-state index is 0.0180. The average molecular weight is 487 g/mol. The Hall–Kier alpha value is -2.09. The lowest BCUT2D eigenvalue weighted by Gasteiger charge is -2.09. The number of nitrogens with one attached hydrogen (secondary N) is 2. The van der Waals surface area contributed by atoms with Gasteiger partial charge in [-0.1, -0.05) is 45.2 Å². The van der Waals surface area contributed by atoms with E-state index in [0.29, 0.717) is 22.2 Å². The van der Waals surface area contributed by atoms with Gasteiger partial charge in [0.25, 0.3) is 5.91 Å². The molecule has 0 aliphatic rings. The Morgan fingerprint density at radius 2 is 1.93 bits per heavy atom. The molecule has 0 aliphatic carbocycles. The second kappa shape index (κ2) is 10.5. The summed E-state index contributed by atoms with van der Waals surface area (Å²) in [7, 11) is 0. The fraction of sp³-hybridized carbons (Fsp3) is 0.211. The van der Waals surface area contributed by atoms with Crippen LogP contribution in [0.2, 0.25) is 10.0 Å². The van der Waals surface area contributed by atoms with Gasteiger partial charge in [-0.25, -0.2) is 5.43 Å². The molecule has 0 saturated carbocycles. The Morgan fingerprint density at radius 1 is 1.18 bits per heavy atom. The van der Waals surface area contributed by atoms with Crippen molar-refractivity contribution >= 4 is 62.3 Å². The van der Waals surface area contributed by atoms with Crippen LogP contribution in [0, 0.1) is 6.92 Å². The van der Waals surface area contributed by atoms with Gasteiger partial charge in [-0.3, -0.25) is 9.59 Å². The number of hydrogen-bond donors (Lipinski definition) is 2. The van der Waals surface area contributed by atoms with Crippen LogP contribution < -0.4 is 15.5 Å². The number of halogens is 3. The molecule has 0 atom stereocenters. The molecule has 28 heavy (non-hydrogen) atoms. The summed E-state index contributed by atoms with van der Waals surface area (Å²) in [6.45, 7) is 3.35. The van der Waals surface area contributed by atoms with E-state index in [-0.39, 0.29) is 24.0 Å². The number of amides is 2. The van der Waals surface area contributed by atoms with Crippen molar-refractivity contribution < 1.29 is 14.3 Å². The molecule has 148 valence electrons. The third kappa shape index (κ3) is 6.82. The normalized spacial score (nSPS) is 11.1. The second-order valence-electron chi connectivity index (χ2n) is 5.91. The number of anilines is 1. The van der Waals surface area contributed by atoms with Crippen LogP contribution in [0.3, 0.4) is 0 Å². The fourth-order valence-corrected chi connectivity index (χ4v) is 2.71. The van der Waals surface area contributed by atoms with Crippen molar-refractivity contribution in [3.63, 3.8) is 0 Å². The first-order chi connectivity index (χ1) is 13.3. The highest BCUT2D eigenvalue weighted by atomic mass is 79.9. The van der Waals surface area contributed by atoms with E-state index in [2.05, 4.69) is 31.8 Å². The Labute approximate surface area is 181 Å². The number of hydrogen-bond acceptors (Lipinski definition) is 4. The molecule has 0 heterocycles. The zero-order valence-electron chi connectivity index (χ0n) is 15.2. The van der Waals surface area contributed by atoms with E-state index in [1.165, 1.54) is 0 Å². The van der Waals surface area contributed by atoms with Crippen LogP contribution in [0.4, 0.5) is 5.69 Å². The predicted octanol–water partition coefficient (Wildman–Crippen LogP) is 4.96. The number of benzene rings is 2. The van der Waals surface area contributed by atoms with Gasteiger partial charge in [0.15, 0.2) is 6.61 Å². The zero-order chi connectivity index (χ0) is 20.7. The van der Waals surface area contributed by atoms with Gasteiger partial charge >= 0.3 is 0 Å². The van der Waals surface area contributed by atoms with E-state index in [4.69, 9.17) is 27.9 Å². The molecule has 0 aromatic heterocycles. The Bertz CT molecular complexity index is 919. The summed E-state index contributed by atoms with van der Waals surface area (Å²) in [6.07, 6.45) is -0.0180. The van der Waals surface area contributed by atoms with Crippen molar-refractivity contribution in [1.82, 2.24) is 5.43 Å². The van der Waals surface area contributed by atoms with E-state index < -0.39 is 5.91 Å². The molecule has 0 aliphatic heterocycles. The largest absolute Gasteiger partial charge is 0.484 e. The first-order valence-electron chi connectivity index (χ1n) is 8.21. The summed E-state index contributed by atoms with van der Waals surface area (Å²) in [5.41, 5.74) is 4.18. The molecule has 0 radical (unpaired) electrons. The van der Waals surface area contributed by atoms with E-state index >= 15 is 0 Å². The maximum atomic E-state index is 12.1. The van der Waals surface area contributed by atoms with Crippen LogP contribution in [-0.4, -0.2) is 24.1 Å². The molecule has 2 rings (SSSR count). The highest BCUT2D eigenvalue weighted by Gasteiger charge is 2.10. The van der Waals surface area contributed by atoms with Crippen molar-refractivity contribution in [3.8, 4) is 5.75 Å². The molecule has 0 unspecified atom stereocenters. The minimum atomic E-state index is -0.432. The maximum Gasteiger partial charge on any atom is 0.277 e. The molecule has 0 spiro atoms. The van der Waals surface area contributed by atoms with Crippen molar-refractivity contribution in [2.45, 2.75) is 20.3 Å². The number of hydrazone groups is 1. The Balaban J connectivity index is 1.80. The molecule has 9 heteroatoms. The van der Waals surface area contributed by atoms with E-state index in [9.17, 15) is 9.59 Å². The number of nitrogens with zero attached hydrogens (tertiary/aromatic N) is 1. The van der Waals surface area contributed by atoms with Crippen molar-refractivity contribution in [1.29, 1.82) is 0 Å². The summed E-state index contributed by atoms with van der Waals surface area (Å²) in [5.74, 6) is -0.186. The number of rotatable bonds is 7. The molecule has 0 fully saturated rings. The molecule has 2 amide bonds. The lowest BCUT2D eigenvalue weighted by molar-refractivity contribution is -0.123. The van der Waals surface area contributed by atoms with Crippen LogP contribution in [0.25, 0.3) is 0 Å². The summed E-state index contributed by atoms with van der Waals surface area (Å²) < 4.78 is 6.37. The number of carbonyl (C=O) groups excluding carboxylic acids is 2. The van der Waals surface area contributed by atoms with E-state index in [1.807, 2.05) is 19.1 Å². The molecular weight excluding hydrogens is 469 g/mol. The van der Waals surface area contributed by atoms with Crippen molar-refractivity contribution in [2.75, 3.05) is 11.9 Å². The van der Waals surface area contributed by atoms with Gasteiger partial charge in [0.05, 0.1) is 22.2 Å². The van der Waals surface area contributed by atoms with Crippen molar-refractivity contribution in [2.24, 2.45) is 5.10 Å². The summed E-state index contributed by atoms with van der Waals surface area (Å²) in [4.78, 5) is 23.9. The van der Waals surface area contributed by atoms with Crippen LogP contribution in [0.15, 0.2) is 46.0 Å². The van der Waals surface area contributed by atoms with Crippen molar-refractivity contribution in [3.05, 3.63) is 56.5 Å². The SMILES string of the molecule is CC(CC(=O)Nc1cccc(Cl)c1Cl)=NNC(=O)COc1ccc(Br)c(C)c1. The second-order valence-corrected chi connectivity index (χ2v) is 7.55. The minimum Gasteiger partial charge on any atom is -0.484 e. The first-order valence-corrected chi connectivity index (χ1v) is 9.76. The maximum absolute atomic E-state index is 12.1. The van der Waals surface area contributed by atoms with Gasteiger partial charge in [-0.15, -0.1) is 0 Å². The van der Waals surface area contributed by atoms with Gasteiger partial charge in [0.2, 0.25) is 5.91 Å². The van der Waals surface area contributed by atoms with Gasteiger partial charge in [-0.2, -0.15) is 5.10 Å². The number of carbonyl (C=O) groups is 2. The molecule has 0 bridgehead atoms. The number of aryl methyl sites for hydroxylation is 1. The smallest absolute Gasteiger partial charge is 0.277 e. The van der Waals surface area contributed by atoms with Gasteiger partial charge in [0.1, 0.15) is 5.75 Å². The zero-order valence-corrected chi connectivity index (χ0v) is 18.3. The van der Waals surface area contributed by atoms with Gasteiger partial charge < -0.3 is 10.1 Å². The van der Waals surface area contributed by atoms with Crippen LogP contribution in [0.5, 0.6) is 5.75 Å². The quantitative estimate of drug-likeness (QED) is 0.428. The summed E-state index contributed by atoms with van der Waals surface area (Å²) >= 11 is 15.3. The predicted molar refractivity (Wildman–Crippen MR) is 115 cm³/mol. The Kier molecular flexibility index (Phi) is 8.29. The summed E-state index contributed by atoms with van der Waals surface area (Å²) in [6, 6.07) is 10.4. The third-order valence-corrected chi connectivity index (χ3v) is 5.22. The molecular formula is C19H18BrCl2N3O3.